The molecule has 1 aliphatic rings. The van der Waals surface area contributed by atoms with Crippen LogP contribution in [-0.2, 0) is 25.6 Å². The molecule has 114 valence electrons. The summed E-state index contributed by atoms with van der Waals surface area (Å²) in [7, 11) is 1.60. The highest BCUT2D eigenvalue weighted by Gasteiger charge is 2.45. The Kier molecular flexibility index (Phi) is 6.14. The maximum atomic E-state index is 5.98. The van der Waals surface area contributed by atoms with Gasteiger partial charge < -0.3 is 18.9 Å². The Hall–Kier alpha value is -1.46. The van der Waals surface area contributed by atoms with Crippen molar-refractivity contribution in [2.75, 3.05) is 13.7 Å². The third-order valence-electron chi connectivity index (χ3n) is 3.36. The molecule has 2 rings (SSSR count). The Balaban J connectivity index is 2.03. The molecule has 1 aliphatic heterocycles. The lowest BCUT2D eigenvalue weighted by Crippen LogP contribution is -2.37. The van der Waals surface area contributed by atoms with E-state index in [4.69, 9.17) is 18.9 Å². The predicted octanol–water partition coefficient (Wildman–Crippen LogP) is 2.70. The van der Waals surface area contributed by atoms with Gasteiger partial charge in [-0.25, -0.2) is 0 Å². The third kappa shape index (κ3) is 4.02. The molecule has 0 amide bonds. The Morgan fingerprint density at radius 3 is 2.52 bits per heavy atom. The molecule has 0 unspecified atom stereocenters. The molecule has 0 aromatic heterocycles. The van der Waals surface area contributed by atoms with Crippen LogP contribution in [0.4, 0.5) is 0 Å². The Morgan fingerprint density at radius 1 is 1.14 bits per heavy atom. The maximum absolute atomic E-state index is 5.98. The van der Waals surface area contributed by atoms with Crippen LogP contribution in [0.25, 0.3) is 0 Å². The van der Waals surface area contributed by atoms with Crippen LogP contribution in [0.5, 0.6) is 0 Å². The van der Waals surface area contributed by atoms with E-state index in [9.17, 15) is 0 Å². The molecular formula is C17H22O4. The van der Waals surface area contributed by atoms with Gasteiger partial charge in [0, 0.05) is 7.11 Å². The second kappa shape index (κ2) is 8.10. The van der Waals surface area contributed by atoms with E-state index in [2.05, 4.69) is 13.2 Å². The zero-order valence-electron chi connectivity index (χ0n) is 12.3. The van der Waals surface area contributed by atoms with Gasteiger partial charge in [0.05, 0.1) is 13.2 Å². The quantitative estimate of drug-likeness (QED) is 0.690. The van der Waals surface area contributed by atoms with Gasteiger partial charge in [0.15, 0.2) is 6.29 Å². The minimum Gasteiger partial charge on any atom is -0.368 e. The van der Waals surface area contributed by atoms with Crippen LogP contribution in [0.3, 0.4) is 0 Å². The van der Waals surface area contributed by atoms with E-state index < -0.39 is 6.29 Å². The fourth-order valence-electron chi connectivity index (χ4n) is 2.34. The molecule has 0 saturated carbocycles. The van der Waals surface area contributed by atoms with Crippen LogP contribution in [0.15, 0.2) is 55.6 Å². The molecule has 0 N–H and O–H groups in total. The molecule has 4 atom stereocenters. The summed E-state index contributed by atoms with van der Waals surface area (Å²) in [5, 5.41) is 0. The molecule has 1 fully saturated rings. The van der Waals surface area contributed by atoms with E-state index in [0.717, 1.165) is 5.56 Å². The van der Waals surface area contributed by atoms with Crippen LogP contribution in [0.2, 0.25) is 0 Å². The standard InChI is InChI=1S/C17H22O4/c1-4-11-19-15-14(5-2)21-17(18-3)16(15)20-12-13-9-7-6-8-10-13/h4-10,14-17H,1-2,11-12H2,3H3/t14-,15-,16-,17-/m1/s1. The van der Waals surface area contributed by atoms with E-state index in [0.29, 0.717) is 13.2 Å². The summed E-state index contributed by atoms with van der Waals surface area (Å²) in [6.07, 6.45) is 2.13. The van der Waals surface area contributed by atoms with Crippen LogP contribution >= 0.6 is 0 Å². The normalized spacial score (nSPS) is 28.4. The van der Waals surface area contributed by atoms with Crippen molar-refractivity contribution in [3.05, 3.63) is 61.2 Å². The number of hydrogen-bond acceptors (Lipinski definition) is 4. The minimum absolute atomic E-state index is 0.254. The van der Waals surface area contributed by atoms with E-state index in [1.807, 2.05) is 30.3 Å². The second-order valence-electron chi connectivity index (χ2n) is 4.79. The molecule has 21 heavy (non-hydrogen) atoms. The Bertz CT molecular complexity index is 445. The van der Waals surface area contributed by atoms with Gasteiger partial charge in [-0.2, -0.15) is 0 Å². The Labute approximate surface area is 126 Å². The fourth-order valence-corrected chi connectivity index (χ4v) is 2.34. The van der Waals surface area contributed by atoms with Gasteiger partial charge in [0.2, 0.25) is 0 Å². The SMILES string of the molecule is C=CCO[C@H]1[C@@H](OCc2ccccc2)[C@H](OC)O[C@@H]1C=C. The van der Waals surface area contributed by atoms with Crippen LogP contribution in [-0.4, -0.2) is 38.3 Å². The molecule has 1 aromatic carbocycles. The van der Waals surface area contributed by atoms with Gasteiger partial charge in [-0.05, 0) is 5.56 Å². The average molecular weight is 290 g/mol. The zero-order valence-corrected chi connectivity index (χ0v) is 12.3. The van der Waals surface area contributed by atoms with Gasteiger partial charge in [0.1, 0.15) is 18.3 Å². The minimum atomic E-state index is -0.466. The lowest BCUT2D eigenvalue weighted by Gasteiger charge is -2.23. The summed E-state index contributed by atoms with van der Waals surface area (Å²) in [6, 6.07) is 9.97. The topological polar surface area (TPSA) is 36.9 Å². The molecule has 1 saturated heterocycles. The van der Waals surface area contributed by atoms with Crippen LogP contribution < -0.4 is 0 Å². The summed E-state index contributed by atoms with van der Waals surface area (Å²) in [4.78, 5) is 0. The molecule has 1 aromatic rings. The molecule has 4 heteroatoms. The second-order valence-corrected chi connectivity index (χ2v) is 4.79. The van der Waals surface area contributed by atoms with E-state index >= 15 is 0 Å². The maximum Gasteiger partial charge on any atom is 0.186 e. The zero-order chi connectivity index (χ0) is 15.1. The van der Waals surface area contributed by atoms with E-state index in [1.54, 1.807) is 19.3 Å². The molecule has 0 radical (unpaired) electrons. The summed E-state index contributed by atoms with van der Waals surface area (Å²) in [5.74, 6) is 0. The van der Waals surface area contributed by atoms with Crippen molar-refractivity contribution in [1.82, 2.24) is 0 Å². The lowest BCUT2D eigenvalue weighted by molar-refractivity contribution is -0.163. The monoisotopic (exact) mass is 290 g/mol. The van der Waals surface area contributed by atoms with Crippen molar-refractivity contribution < 1.29 is 18.9 Å². The first kappa shape index (κ1) is 15.9. The first-order valence-electron chi connectivity index (χ1n) is 6.99. The van der Waals surface area contributed by atoms with Crippen molar-refractivity contribution in [2.45, 2.75) is 31.2 Å². The molecule has 0 bridgehead atoms. The predicted molar refractivity (Wildman–Crippen MR) is 80.8 cm³/mol. The van der Waals surface area contributed by atoms with Gasteiger partial charge in [0.25, 0.3) is 0 Å². The summed E-state index contributed by atoms with van der Waals surface area (Å²) < 4.78 is 22.8. The van der Waals surface area contributed by atoms with Crippen LogP contribution in [0.1, 0.15) is 5.56 Å². The van der Waals surface area contributed by atoms with Crippen molar-refractivity contribution in [3.8, 4) is 0 Å². The summed E-state index contributed by atoms with van der Waals surface area (Å²) in [5.41, 5.74) is 1.09. The van der Waals surface area contributed by atoms with Gasteiger partial charge in [-0.3, -0.25) is 0 Å². The number of hydrogen-bond donors (Lipinski definition) is 0. The Morgan fingerprint density at radius 2 is 1.90 bits per heavy atom. The lowest BCUT2D eigenvalue weighted by atomic mass is 10.1. The van der Waals surface area contributed by atoms with Gasteiger partial charge >= 0.3 is 0 Å². The number of benzene rings is 1. The highest BCUT2D eigenvalue weighted by Crippen LogP contribution is 2.28. The van der Waals surface area contributed by atoms with E-state index in [1.165, 1.54) is 0 Å². The number of ether oxygens (including phenoxy) is 4. The molecule has 4 nitrogen and oxygen atoms in total. The average Bonchev–Trinajstić information content (AvgIpc) is 2.88. The highest BCUT2D eigenvalue weighted by molar-refractivity contribution is 5.13. The largest absolute Gasteiger partial charge is 0.368 e. The first-order chi connectivity index (χ1) is 10.3. The van der Waals surface area contributed by atoms with Gasteiger partial charge in [-0.15, -0.1) is 13.2 Å². The van der Waals surface area contributed by atoms with Crippen molar-refractivity contribution >= 4 is 0 Å². The molecule has 0 spiro atoms. The van der Waals surface area contributed by atoms with Gasteiger partial charge in [-0.1, -0.05) is 42.5 Å². The summed E-state index contributed by atoms with van der Waals surface area (Å²) in [6.45, 7) is 8.36. The van der Waals surface area contributed by atoms with Crippen LogP contribution in [0, 0.1) is 0 Å². The fraction of sp³-hybridized carbons (Fsp3) is 0.412. The van der Waals surface area contributed by atoms with Crippen molar-refractivity contribution in [3.63, 3.8) is 0 Å². The summed E-state index contributed by atoms with van der Waals surface area (Å²) >= 11 is 0. The third-order valence-corrected chi connectivity index (χ3v) is 3.36. The first-order valence-corrected chi connectivity index (χ1v) is 6.99. The molecule has 1 heterocycles. The number of methoxy groups -OCH3 is 1. The highest BCUT2D eigenvalue weighted by atomic mass is 16.7. The number of rotatable bonds is 8. The van der Waals surface area contributed by atoms with Crippen molar-refractivity contribution in [2.24, 2.45) is 0 Å². The van der Waals surface area contributed by atoms with Crippen molar-refractivity contribution in [1.29, 1.82) is 0 Å². The molecular weight excluding hydrogens is 268 g/mol. The smallest absolute Gasteiger partial charge is 0.186 e. The molecule has 0 aliphatic carbocycles. The van der Waals surface area contributed by atoms with E-state index in [-0.39, 0.29) is 18.3 Å².